The molecule has 1 aromatic heterocycles. The summed E-state index contributed by atoms with van der Waals surface area (Å²) in [6.07, 6.45) is 0.510. The summed E-state index contributed by atoms with van der Waals surface area (Å²) in [5.41, 5.74) is -0.537. The minimum Gasteiger partial charge on any atom is -0.504 e. The fraction of sp³-hybridized carbons (Fsp3) is 0.308. The highest BCUT2D eigenvalue weighted by Gasteiger charge is 2.14. The number of ether oxygens (including phenoxy) is 2. The van der Waals surface area contributed by atoms with Crippen LogP contribution in [0.1, 0.15) is 6.42 Å². The number of aliphatic hydroxyl groups is 1. The Kier molecular flexibility index (Phi) is 3.91. The van der Waals surface area contributed by atoms with Crippen molar-refractivity contribution in [3.63, 3.8) is 0 Å². The monoisotopic (exact) mass is 266 g/mol. The third kappa shape index (κ3) is 2.63. The quantitative estimate of drug-likeness (QED) is 0.625. The normalized spacial score (nSPS) is 10.6. The summed E-state index contributed by atoms with van der Waals surface area (Å²) in [7, 11) is 1.28. The third-order valence-corrected chi connectivity index (χ3v) is 2.59. The molecule has 6 nitrogen and oxygen atoms in total. The van der Waals surface area contributed by atoms with Crippen molar-refractivity contribution in [1.29, 1.82) is 0 Å². The van der Waals surface area contributed by atoms with Gasteiger partial charge in [-0.25, -0.2) is 4.79 Å². The SMILES string of the molecule is COc1c(O)c2ccc(OCCCO)cc2oc1=O. The van der Waals surface area contributed by atoms with Crippen LogP contribution in [0.3, 0.4) is 0 Å². The van der Waals surface area contributed by atoms with Crippen molar-refractivity contribution in [2.75, 3.05) is 20.3 Å². The predicted molar refractivity (Wildman–Crippen MR) is 67.9 cm³/mol. The van der Waals surface area contributed by atoms with E-state index in [1.54, 1.807) is 12.1 Å². The molecule has 1 aromatic carbocycles. The zero-order chi connectivity index (χ0) is 13.8. The van der Waals surface area contributed by atoms with Gasteiger partial charge in [-0.15, -0.1) is 0 Å². The maximum Gasteiger partial charge on any atom is 0.383 e. The molecule has 0 aliphatic rings. The number of hydrogen-bond donors (Lipinski definition) is 2. The molecule has 0 saturated heterocycles. The largest absolute Gasteiger partial charge is 0.504 e. The van der Waals surface area contributed by atoms with Gasteiger partial charge in [-0.3, -0.25) is 0 Å². The second kappa shape index (κ2) is 5.62. The van der Waals surface area contributed by atoms with Gasteiger partial charge in [0.2, 0.25) is 5.75 Å². The number of aliphatic hydroxyl groups excluding tert-OH is 1. The summed E-state index contributed by atoms with van der Waals surface area (Å²) in [6.45, 7) is 0.398. The van der Waals surface area contributed by atoms with E-state index < -0.39 is 5.63 Å². The lowest BCUT2D eigenvalue weighted by Gasteiger charge is -2.08. The Balaban J connectivity index is 2.41. The van der Waals surface area contributed by atoms with Gasteiger partial charge in [-0.1, -0.05) is 0 Å². The van der Waals surface area contributed by atoms with Gasteiger partial charge in [0.25, 0.3) is 0 Å². The van der Waals surface area contributed by atoms with Gasteiger partial charge < -0.3 is 24.1 Å². The van der Waals surface area contributed by atoms with Gasteiger partial charge in [0, 0.05) is 19.1 Å². The third-order valence-electron chi connectivity index (χ3n) is 2.59. The smallest absolute Gasteiger partial charge is 0.383 e. The second-order valence-corrected chi connectivity index (χ2v) is 3.85. The molecule has 0 unspecified atom stereocenters. The average Bonchev–Trinajstić information content (AvgIpc) is 2.39. The van der Waals surface area contributed by atoms with E-state index in [-0.39, 0.29) is 23.7 Å². The number of aromatic hydroxyl groups is 1. The number of hydrogen-bond acceptors (Lipinski definition) is 6. The molecule has 0 amide bonds. The Hall–Kier alpha value is -2.21. The summed E-state index contributed by atoms with van der Waals surface area (Å²) in [5.74, 6) is 0.0192. The average molecular weight is 266 g/mol. The first-order valence-corrected chi connectivity index (χ1v) is 5.75. The van der Waals surface area contributed by atoms with E-state index in [0.29, 0.717) is 24.2 Å². The van der Waals surface area contributed by atoms with Crippen molar-refractivity contribution < 1.29 is 24.1 Å². The van der Waals surface area contributed by atoms with E-state index in [4.69, 9.17) is 19.0 Å². The highest BCUT2D eigenvalue weighted by molar-refractivity contribution is 5.86. The lowest BCUT2D eigenvalue weighted by Crippen LogP contribution is -2.04. The predicted octanol–water partition coefficient (Wildman–Crippen LogP) is 1.27. The lowest BCUT2D eigenvalue weighted by molar-refractivity contribution is 0.233. The highest BCUT2D eigenvalue weighted by atomic mass is 16.5. The van der Waals surface area contributed by atoms with Crippen molar-refractivity contribution in [3.8, 4) is 17.2 Å². The van der Waals surface area contributed by atoms with E-state index in [0.717, 1.165) is 0 Å². The van der Waals surface area contributed by atoms with Crippen molar-refractivity contribution in [3.05, 3.63) is 28.6 Å². The van der Waals surface area contributed by atoms with E-state index >= 15 is 0 Å². The molecule has 2 rings (SSSR count). The highest BCUT2D eigenvalue weighted by Crippen LogP contribution is 2.32. The van der Waals surface area contributed by atoms with Crippen LogP contribution in [0.2, 0.25) is 0 Å². The lowest BCUT2D eigenvalue weighted by atomic mass is 10.2. The number of benzene rings is 1. The minimum absolute atomic E-state index is 0.0423. The van der Waals surface area contributed by atoms with Crippen molar-refractivity contribution in [2.45, 2.75) is 6.42 Å². The van der Waals surface area contributed by atoms with E-state index in [1.165, 1.54) is 13.2 Å². The molecule has 0 aliphatic heterocycles. The Morgan fingerprint density at radius 3 is 2.84 bits per heavy atom. The fourth-order valence-corrected chi connectivity index (χ4v) is 1.67. The molecule has 0 aliphatic carbocycles. The Labute approximate surface area is 108 Å². The van der Waals surface area contributed by atoms with Crippen LogP contribution >= 0.6 is 0 Å². The molecular formula is C13H14O6. The summed E-state index contributed by atoms with van der Waals surface area (Å²) in [4.78, 5) is 11.5. The van der Waals surface area contributed by atoms with Gasteiger partial charge in [0.1, 0.15) is 11.3 Å². The molecular weight excluding hydrogens is 252 g/mol. The first-order chi connectivity index (χ1) is 9.17. The van der Waals surface area contributed by atoms with Gasteiger partial charge in [0.15, 0.2) is 5.75 Å². The Morgan fingerprint density at radius 2 is 2.16 bits per heavy atom. The van der Waals surface area contributed by atoms with E-state index in [1.807, 2.05) is 0 Å². The molecule has 0 bridgehead atoms. The van der Waals surface area contributed by atoms with Crippen LogP contribution < -0.4 is 15.1 Å². The van der Waals surface area contributed by atoms with Crippen LogP contribution in [0.4, 0.5) is 0 Å². The fourth-order valence-electron chi connectivity index (χ4n) is 1.67. The van der Waals surface area contributed by atoms with Gasteiger partial charge in [-0.05, 0) is 12.1 Å². The number of fused-ring (bicyclic) bond motifs is 1. The second-order valence-electron chi connectivity index (χ2n) is 3.85. The zero-order valence-electron chi connectivity index (χ0n) is 10.4. The molecule has 1 heterocycles. The molecule has 6 heteroatoms. The van der Waals surface area contributed by atoms with Crippen LogP contribution in [0.5, 0.6) is 17.2 Å². The van der Waals surface area contributed by atoms with E-state index in [9.17, 15) is 9.90 Å². The number of methoxy groups -OCH3 is 1. The maximum absolute atomic E-state index is 11.5. The van der Waals surface area contributed by atoms with Crippen molar-refractivity contribution in [2.24, 2.45) is 0 Å². The molecule has 102 valence electrons. The van der Waals surface area contributed by atoms with Crippen molar-refractivity contribution in [1.82, 2.24) is 0 Å². The molecule has 0 atom stereocenters. The topological polar surface area (TPSA) is 89.1 Å². The maximum atomic E-state index is 11.5. The molecule has 0 radical (unpaired) electrons. The van der Waals surface area contributed by atoms with Crippen LogP contribution in [0.25, 0.3) is 11.0 Å². The summed E-state index contributed by atoms with van der Waals surface area (Å²) in [5, 5.41) is 18.9. The van der Waals surface area contributed by atoms with Gasteiger partial charge in [0.05, 0.1) is 19.1 Å². The molecule has 0 saturated carbocycles. The summed E-state index contributed by atoms with van der Waals surface area (Å²) >= 11 is 0. The Morgan fingerprint density at radius 1 is 1.37 bits per heavy atom. The molecule has 0 spiro atoms. The zero-order valence-corrected chi connectivity index (χ0v) is 10.4. The molecule has 19 heavy (non-hydrogen) atoms. The van der Waals surface area contributed by atoms with Crippen LogP contribution in [-0.2, 0) is 0 Å². The van der Waals surface area contributed by atoms with Crippen LogP contribution in [0, 0.1) is 0 Å². The Bertz CT molecular complexity index is 631. The van der Waals surface area contributed by atoms with Crippen LogP contribution in [-0.4, -0.2) is 30.5 Å². The van der Waals surface area contributed by atoms with Gasteiger partial charge in [-0.2, -0.15) is 0 Å². The summed E-state index contributed by atoms with van der Waals surface area (Å²) in [6, 6.07) is 4.72. The number of rotatable bonds is 5. The molecule has 0 fully saturated rings. The molecule has 2 N–H and O–H groups in total. The van der Waals surface area contributed by atoms with Gasteiger partial charge >= 0.3 is 5.63 Å². The summed E-state index contributed by atoms with van der Waals surface area (Å²) < 4.78 is 15.2. The first-order valence-electron chi connectivity index (χ1n) is 5.75. The molecule has 2 aromatic rings. The minimum atomic E-state index is -0.750. The van der Waals surface area contributed by atoms with Crippen molar-refractivity contribution >= 4 is 11.0 Å². The first kappa shape index (κ1) is 13.2. The standard InChI is InChI=1S/C13H14O6/c1-17-12-11(15)9-4-3-8(18-6-2-5-14)7-10(9)19-13(12)16/h3-4,7,14-15H,2,5-6H2,1H3. The van der Waals surface area contributed by atoms with Crippen LogP contribution in [0.15, 0.2) is 27.4 Å². The van der Waals surface area contributed by atoms with E-state index in [2.05, 4.69) is 0 Å².